The number of aromatic nitrogens is 2. The molecule has 1 aliphatic heterocycles. The highest BCUT2D eigenvalue weighted by atomic mass is 19.3. The van der Waals surface area contributed by atoms with Gasteiger partial charge in [-0.2, -0.15) is 13.8 Å². The van der Waals surface area contributed by atoms with E-state index >= 15 is 0 Å². The van der Waals surface area contributed by atoms with E-state index in [4.69, 9.17) is 14.0 Å². The van der Waals surface area contributed by atoms with E-state index in [2.05, 4.69) is 30.5 Å². The van der Waals surface area contributed by atoms with E-state index in [1.165, 1.54) is 6.07 Å². The molecule has 3 rings (SSSR count). The van der Waals surface area contributed by atoms with Gasteiger partial charge < -0.3 is 29.4 Å². The number of nitrogens with one attached hydrogen (secondary N) is 2. The number of guanidine groups is 1. The van der Waals surface area contributed by atoms with Crippen LogP contribution >= 0.6 is 0 Å². The van der Waals surface area contributed by atoms with Crippen molar-refractivity contribution in [3.05, 3.63) is 29.4 Å². The number of fused-ring (bicyclic) bond motifs is 1. The molecule has 158 valence electrons. The van der Waals surface area contributed by atoms with Crippen molar-refractivity contribution in [1.82, 2.24) is 20.8 Å². The molecule has 0 bridgehead atoms. The fourth-order valence-electron chi connectivity index (χ4n) is 2.60. The van der Waals surface area contributed by atoms with E-state index in [9.17, 15) is 8.78 Å². The SMILES string of the molecule is CN=C(NCCc1nc(C(C)C)no1)NCc1cc2c(cc1OC(F)F)OCO2. The molecule has 1 aromatic heterocycles. The minimum Gasteiger partial charge on any atom is -0.454 e. The molecule has 0 radical (unpaired) electrons. The molecule has 2 heterocycles. The number of aliphatic imine (C=N–C) groups is 1. The number of nitrogens with zero attached hydrogens (tertiary/aromatic N) is 3. The zero-order valence-electron chi connectivity index (χ0n) is 16.4. The van der Waals surface area contributed by atoms with Gasteiger partial charge in [-0.15, -0.1) is 0 Å². The molecule has 29 heavy (non-hydrogen) atoms. The first-order valence-electron chi connectivity index (χ1n) is 9.10. The maximum absolute atomic E-state index is 12.7. The molecule has 0 aliphatic carbocycles. The smallest absolute Gasteiger partial charge is 0.387 e. The molecule has 0 amide bonds. The molecule has 0 fully saturated rings. The molecule has 0 saturated heterocycles. The standard InChI is InChI=1S/C18H23F2N5O4/c1-10(2)16-24-15(29-25-16)4-5-22-18(21-3)23-8-11-6-13-14(27-9-26-13)7-12(11)28-17(19)20/h6-7,10,17H,4-5,8-9H2,1-3H3,(H2,21,22,23). The molecule has 9 nitrogen and oxygen atoms in total. The molecule has 0 unspecified atom stereocenters. The molecule has 1 aromatic carbocycles. The number of halogens is 2. The quantitative estimate of drug-likeness (QED) is 0.504. The second kappa shape index (κ2) is 9.39. The minimum atomic E-state index is -2.95. The topological polar surface area (TPSA) is 103 Å². The summed E-state index contributed by atoms with van der Waals surface area (Å²) in [5.74, 6) is 2.72. The van der Waals surface area contributed by atoms with Gasteiger partial charge in [-0.05, 0) is 6.07 Å². The second-order valence-corrected chi connectivity index (χ2v) is 6.50. The van der Waals surface area contributed by atoms with Gasteiger partial charge in [0.05, 0.1) is 0 Å². The lowest BCUT2D eigenvalue weighted by Crippen LogP contribution is -2.38. The summed E-state index contributed by atoms with van der Waals surface area (Å²) >= 11 is 0. The average Bonchev–Trinajstić information content (AvgIpc) is 3.33. The molecule has 11 heteroatoms. The lowest BCUT2D eigenvalue weighted by atomic mass is 10.1. The summed E-state index contributed by atoms with van der Waals surface area (Å²) in [5, 5.41) is 10.1. The van der Waals surface area contributed by atoms with Gasteiger partial charge in [0.25, 0.3) is 0 Å². The van der Waals surface area contributed by atoms with Crippen LogP contribution in [-0.2, 0) is 13.0 Å². The third-order valence-corrected chi connectivity index (χ3v) is 4.07. The molecular formula is C18H23F2N5O4. The van der Waals surface area contributed by atoms with E-state index in [1.54, 1.807) is 13.1 Å². The maximum atomic E-state index is 12.7. The van der Waals surface area contributed by atoms with Crippen LogP contribution in [0.2, 0.25) is 0 Å². The maximum Gasteiger partial charge on any atom is 0.387 e. The fraction of sp³-hybridized carbons (Fsp3) is 0.500. The van der Waals surface area contributed by atoms with Crippen molar-refractivity contribution >= 4 is 5.96 Å². The zero-order valence-corrected chi connectivity index (χ0v) is 16.4. The van der Waals surface area contributed by atoms with Gasteiger partial charge in [-0.3, -0.25) is 4.99 Å². The summed E-state index contributed by atoms with van der Waals surface area (Å²) in [7, 11) is 1.61. The number of alkyl halides is 2. The van der Waals surface area contributed by atoms with Gasteiger partial charge in [0.1, 0.15) is 5.75 Å². The summed E-state index contributed by atoms with van der Waals surface area (Å²) in [5.41, 5.74) is 0.482. The van der Waals surface area contributed by atoms with Crippen LogP contribution in [-0.4, -0.2) is 43.1 Å². The third-order valence-electron chi connectivity index (χ3n) is 4.07. The van der Waals surface area contributed by atoms with Gasteiger partial charge in [-0.1, -0.05) is 19.0 Å². The minimum absolute atomic E-state index is 0.0132. The highest BCUT2D eigenvalue weighted by Crippen LogP contribution is 2.38. The zero-order chi connectivity index (χ0) is 20.8. The molecule has 0 spiro atoms. The Morgan fingerprint density at radius 1 is 1.24 bits per heavy atom. The van der Waals surface area contributed by atoms with Crippen molar-refractivity contribution < 1.29 is 27.5 Å². The number of rotatable bonds is 8. The predicted molar refractivity (Wildman–Crippen MR) is 99.5 cm³/mol. The van der Waals surface area contributed by atoms with Crippen molar-refractivity contribution in [2.45, 2.75) is 39.3 Å². The Kier molecular flexibility index (Phi) is 6.68. The Labute approximate surface area is 166 Å². The van der Waals surface area contributed by atoms with Crippen LogP contribution in [0, 0.1) is 0 Å². The lowest BCUT2D eigenvalue weighted by molar-refractivity contribution is -0.0505. The van der Waals surface area contributed by atoms with Gasteiger partial charge in [-0.25, -0.2) is 0 Å². The van der Waals surface area contributed by atoms with Crippen LogP contribution in [0.5, 0.6) is 17.2 Å². The number of hydrogen-bond donors (Lipinski definition) is 2. The molecule has 2 aromatic rings. The molecule has 1 aliphatic rings. The summed E-state index contributed by atoms with van der Waals surface area (Å²) in [6, 6.07) is 3.00. The van der Waals surface area contributed by atoms with Gasteiger partial charge in [0.15, 0.2) is 23.3 Å². The highest BCUT2D eigenvalue weighted by Gasteiger charge is 2.20. The van der Waals surface area contributed by atoms with Crippen molar-refractivity contribution in [3.63, 3.8) is 0 Å². The summed E-state index contributed by atoms with van der Waals surface area (Å²) in [4.78, 5) is 8.42. The van der Waals surface area contributed by atoms with Gasteiger partial charge in [0, 0.05) is 44.1 Å². The highest BCUT2D eigenvalue weighted by molar-refractivity contribution is 5.79. The van der Waals surface area contributed by atoms with Crippen molar-refractivity contribution in [3.8, 4) is 17.2 Å². The van der Waals surface area contributed by atoms with Crippen LogP contribution < -0.4 is 24.8 Å². The normalized spacial score (nSPS) is 13.3. The first-order valence-corrected chi connectivity index (χ1v) is 9.10. The Morgan fingerprint density at radius 2 is 2.00 bits per heavy atom. The monoisotopic (exact) mass is 411 g/mol. The van der Waals surface area contributed by atoms with E-state index < -0.39 is 6.61 Å². The van der Waals surface area contributed by atoms with Crippen molar-refractivity contribution in [2.75, 3.05) is 20.4 Å². The molecule has 2 N–H and O–H groups in total. The van der Waals surface area contributed by atoms with E-state index in [0.717, 1.165) is 0 Å². The Hall–Kier alpha value is -3.11. The number of benzene rings is 1. The fourth-order valence-corrected chi connectivity index (χ4v) is 2.60. The lowest BCUT2D eigenvalue weighted by Gasteiger charge is -2.15. The Bertz CT molecular complexity index is 857. The summed E-state index contributed by atoms with van der Waals surface area (Å²) in [6.07, 6.45) is 0.518. The van der Waals surface area contributed by atoms with Crippen LogP contribution in [0.25, 0.3) is 0 Å². The van der Waals surface area contributed by atoms with Crippen molar-refractivity contribution in [2.24, 2.45) is 4.99 Å². The van der Waals surface area contributed by atoms with E-state index in [0.29, 0.717) is 47.7 Å². The number of ether oxygens (including phenoxy) is 3. The Balaban J connectivity index is 1.56. The number of hydrogen-bond acceptors (Lipinski definition) is 7. The van der Waals surface area contributed by atoms with E-state index in [1.807, 2.05) is 13.8 Å². The second-order valence-electron chi connectivity index (χ2n) is 6.50. The molecule has 0 atom stereocenters. The van der Waals surface area contributed by atoms with Crippen LogP contribution in [0.4, 0.5) is 8.78 Å². The first kappa shape index (κ1) is 20.6. The Morgan fingerprint density at radius 3 is 2.66 bits per heavy atom. The predicted octanol–water partition coefficient (Wildman–Crippen LogP) is 2.43. The van der Waals surface area contributed by atoms with Crippen LogP contribution in [0.3, 0.4) is 0 Å². The van der Waals surface area contributed by atoms with Crippen molar-refractivity contribution in [1.29, 1.82) is 0 Å². The van der Waals surface area contributed by atoms with Gasteiger partial charge in [0.2, 0.25) is 12.7 Å². The van der Waals surface area contributed by atoms with Crippen LogP contribution in [0.15, 0.2) is 21.6 Å². The van der Waals surface area contributed by atoms with E-state index in [-0.39, 0.29) is 25.0 Å². The first-order chi connectivity index (χ1) is 14.0. The summed E-state index contributed by atoms with van der Waals surface area (Å²) in [6.45, 7) is 1.76. The molecule has 0 saturated carbocycles. The molecular weight excluding hydrogens is 388 g/mol. The average molecular weight is 411 g/mol. The van der Waals surface area contributed by atoms with Gasteiger partial charge >= 0.3 is 6.61 Å². The van der Waals surface area contributed by atoms with Crippen LogP contribution in [0.1, 0.15) is 37.0 Å². The summed E-state index contributed by atoms with van der Waals surface area (Å²) < 4.78 is 45.8. The third kappa shape index (κ3) is 5.46. The largest absolute Gasteiger partial charge is 0.454 e.